The SMILES string of the molecule is O=C(O)c1cc(C(=O)c2cccc(Cl)c2Cl)c[nH]1. The summed E-state index contributed by atoms with van der Waals surface area (Å²) in [7, 11) is 0. The molecule has 1 aromatic heterocycles. The molecule has 0 spiro atoms. The molecule has 92 valence electrons. The maximum Gasteiger partial charge on any atom is 0.352 e. The minimum Gasteiger partial charge on any atom is -0.477 e. The first-order valence-corrected chi connectivity index (χ1v) is 5.66. The minimum atomic E-state index is -1.13. The Bertz CT molecular complexity index is 634. The molecule has 2 N–H and O–H groups in total. The van der Waals surface area contributed by atoms with Gasteiger partial charge in [0.05, 0.1) is 10.0 Å². The van der Waals surface area contributed by atoms with Crippen LogP contribution in [0.5, 0.6) is 0 Å². The molecule has 0 aliphatic carbocycles. The van der Waals surface area contributed by atoms with Gasteiger partial charge in [0.15, 0.2) is 5.78 Å². The molecule has 6 heteroatoms. The maximum absolute atomic E-state index is 12.1. The van der Waals surface area contributed by atoms with E-state index in [-0.39, 0.29) is 32.6 Å². The standard InChI is InChI=1S/C12H7Cl2NO3/c13-8-3-1-2-7(10(8)14)11(16)6-4-9(12(17)18)15-5-6/h1-5,15H,(H,17,18). The van der Waals surface area contributed by atoms with Crippen LogP contribution in [0.4, 0.5) is 0 Å². The average Bonchev–Trinajstić information content (AvgIpc) is 2.81. The lowest BCUT2D eigenvalue weighted by molar-refractivity contribution is 0.0691. The highest BCUT2D eigenvalue weighted by molar-refractivity contribution is 6.44. The summed E-state index contributed by atoms with van der Waals surface area (Å²) in [6, 6.07) is 5.96. The first-order valence-electron chi connectivity index (χ1n) is 4.91. The predicted molar refractivity (Wildman–Crippen MR) is 67.6 cm³/mol. The summed E-state index contributed by atoms with van der Waals surface area (Å²) in [5.41, 5.74) is 0.396. The Labute approximate surface area is 112 Å². The number of carbonyl (C=O) groups excluding carboxylic acids is 1. The molecule has 0 fully saturated rings. The zero-order valence-electron chi connectivity index (χ0n) is 8.91. The second kappa shape index (κ2) is 4.84. The van der Waals surface area contributed by atoms with Crippen LogP contribution in [0, 0.1) is 0 Å². The number of H-pyrrole nitrogens is 1. The molecule has 0 atom stereocenters. The van der Waals surface area contributed by atoms with Crippen molar-refractivity contribution in [2.24, 2.45) is 0 Å². The maximum atomic E-state index is 12.1. The van der Waals surface area contributed by atoms with Gasteiger partial charge in [-0.2, -0.15) is 0 Å². The van der Waals surface area contributed by atoms with E-state index < -0.39 is 5.97 Å². The van der Waals surface area contributed by atoms with Gasteiger partial charge in [0, 0.05) is 17.3 Å². The van der Waals surface area contributed by atoms with E-state index in [9.17, 15) is 9.59 Å². The van der Waals surface area contributed by atoms with Crippen LogP contribution in [0.3, 0.4) is 0 Å². The van der Waals surface area contributed by atoms with Gasteiger partial charge in [-0.05, 0) is 18.2 Å². The van der Waals surface area contributed by atoms with E-state index in [1.165, 1.54) is 18.3 Å². The van der Waals surface area contributed by atoms with Crippen molar-refractivity contribution < 1.29 is 14.7 Å². The molecule has 1 aromatic carbocycles. The summed E-state index contributed by atoms with van der Waals surface area (Å²) in [6.45, 7) is 0. The van der Waals surface area contributed by atoms with Gasteiger partial charge in [0.1, 0.15) is 5.69 Å². The summed E-state index contributed by atoms with van der Waals surface area (Å²) in [5.74, 6) is -1.52. The fourth-order valence-corrected chi connectivity index (χ4v) is 1.87. The molecule has 0 aliphatic rings. The number of benzene rings is 1. The van der Waals surface area contributed by atoms with Crippen LogP contribution in [-0.2, 0) is 0 Å². The second-order valence-electron chi connectivity index (χ2n) is 3.54. The first kappa shape index (κ1) is 12.7. The minimum absolute atomic E-state index is 0.0588. The van der Waals surface area contributed by atoms with Crippen molar-refractivity contribution in [3.8, 4) is 0 Å². The van der Waals surface area contributed by atoms with Crippen LogP contribution in [-0.4, -0.2) is 21.8 Å². The number of halogens is 2. The number of ketones is 1. The van der Waals surface area contributed by atoms with Gasteiger partial charge < -0.3 is 10.1 Å². The molecule has 4 nitrogen and oxygen atoms in total. The van der Waals surface area contributed by atoms with Crippen LogP contribution in [0.25, 0.3) is 0 Å². The summed E-state index contributed by atoms with van der Waals surface area (Å²) in [4.78, 5) is 25.3. The highest BCUT2D eigenvalue weighted by atomic mass is 35.5. The number of hydrogen-bond donors (Lipinski definition) is 2. The van der Waals surface area contributed by atoms with Gasteiger partial charge in [0.25, 0.3) is 0 Å². The number of hydrogen-bond acceptors (Lipinski definition) is 2. The van der Waals surface area contributed by atoms with Crippen LogP contribution in [0.1, 0.15) is 26.4 Å². The predicted octanol–water partition coefficient (Wildman–Crippen LogP) is 3.25. The van der Waals surface area contributed by atoms with E-state index in [1.807, 2.05) is 0 Å². The van der Waals surface area contributed by atoms with E-state index in [0.29, 0.717) is 0 Å². The van der Waals surface area contributed by atoms with Crippen molar-refractivity contribution in [3.05, 3.63) is 57.3 Å². The van der Waals surface area contributed by atoms with Crippen molar-refractivity contribution in [2.45, 2.75) is 0 Å². The number of aromatic nitrogens is 1. The topological polar surface area (TPSA) is 70.2 Å². The lowest BCUT2D eigenvalue weighted by Gasteiger charge is -2.02. The Morgan fingerprint density at radius 3 is 2.56 bits per heavy atom. The second-order valence-corrected chi connectivity index (χ2v) is 4.32. The molecule has 1 heterocycles. The Balaban J connectivity index is 2.41. The van der Waals surface area contributed by atoms with E-state index in [1.54, 1.807) is 12.1 Å². The van der Waals surface area contributed by atoms with Gasteiger partial charge in [-0.1, -0.05) is 29.3 Å². The van der Waals surface area contributed by atoms with Gasteiger partial charge in [-0.15, -0.1) is 0 Å². The highest BCUT2D eigenvalue weighted by Crippen LogP contribution is 2.27. The summed E-state index contributed by atoms with van der Waals surface area (Å²) >= 11 is 11.7. The van der Waals surface area contributed by atoms with E-state index in [0.717, 1.165) is 0 Å². The van der Waals surface area contributed by atoms with Crippen LogP contribution in [0.15, 0.2) is 30.5 Å². The molecule has 0 radical (unpaired) electrons. The molecule has 18 heavy (non-hydrogen) atoms. The van der Waals surface area contributed by atoms with Crippen LogP contribution in [0.2, 0.25) is 10.0 Å². The zero-order valence-corrected chi connectivity index (χ0v) is 10.4. The molecule has 2 rings (SSSR count). The van der Waals surface area contributed by atoms with E-state index in [4.69, 9.17) is 28.3 Å². The molecule has 0 amide bonds. The summed E-state index contributed by atoms with van der Waals surface area (Å²) < 4.78 is 0. The fraction of sp³-hybridized carbons (Fsp3) is 0. The van der Waals surface area contributed by atoms with Crippen molar-refractivity contribution in [3.63, 3.8) is 0 Å². The molecular formula is C12H7Cl2NO3. The zero-order chi connectivity index (χ0) is 13.3. The molecule has 0 unspecified atom stereocenters. The van der Waals surface area contributed by atoms with Gasteiger partial charge in [-0.25, -0.2) is 4.79 Å². The van der Waals surface area contributed by atoms with Crippen molar-refractivity contribution in [1.29, 1.82) is 0 Å². The largest absolute Gasteiger partial charge is 0.477 e. The molecule has 0 saturated carbocycles. The number of carbonyl (C=O) groups is 2. The number of carboxylic acids is 1. The Morgan fingerprint density at radius 2 is 1.94 bits per heavy atom. The monoisotopic (exact) mass is 283 g/mol. The highest BCUT2D eigenvalue weighted by Gasteiger charge is 2.17. The third-order valence-electron chi connectivity index (χ3n) is 2.37. The first-order chi connectivity index (χ1) is 8.50. The lowest BCUT2D eigenvalue weighted by atomic mass is 10.1. The molecule has 0 bridgehead atoms. The van der Waals surface area contributed by atoms with Crippen LogP contribution < -0.4 is 0 Å². The molecule has 2 aromatic rings. The van der Waals surface area contributed by atoms with Gasteiger partial charge >= 0.3 is 5.97 Å². The third-order valence-corrected chi connectivity index (χ3v) is 3.19. The number of carboxylic acid groups (broad SMARTS) is 1. The molecule has 0 aliphatic heterocycles. The van der Waals surface area contributed by atoms with Crippen molar-refractivity contribution >= 4 is 35.0 Å². The average molecular weight is 284 g/mol. The van der Waals surface area contributed by atoms with Crippen LogP contribution >= 0.6 is 23.2 Å². The van der Waals surface area contributed by atoms with Crippen molar-refractivity contribution in [1.82, 2.24) is 4.98 Å². The normalized spacial score (nSPS) is 10.3. The molecule has 0 saturated heterocycles. The van der Waals surface area contributed by atoms with E-state index >= 15 is 0 Å². The number of aromatic carboxylic acids is 1. The van der Waals surface area contributed by atoms with Gasteiger partial charge in [-0.3, -0.25) is 4.79 Å². The third kappa shape index (κ3) is 2.25. The lowest BCUT2D eigenvalue weighted by Crippen LogP contribution is -2.01. The number of aromatic amines is 1. The van der Waals surface area contributed by atoms with Crippen molar-refractivity contribution in [2.75, 3.05) is 0 Å². The molecular weight excluding hydrogens is 277 g/mol. The quantitative estimate of drug-likeness (QED) is 0.850. The summed E-state index contributed by atoms with van der Waals surface area (Å²) in [6.07, 6.45) is 1.32. The number of nitrogens with one attached hydrogen (secondary N) is 1. The van der Waals surface area contributed by atoms with E-state index in [2.05, 4.69) is 4.98 Å². The summed E-state index contributed by atoms with van der Waals surface area (Å²) in [5, 5.41) is 9.19. The number of rotatable bonds is 3. The fourth-order valence-electron chi connectivity index (χ4n) is 1.48. The smallest absolute Gasteiger partial charge is 0.352 e. The Hall–Kier alpha value is -1.78. The Kier molecular flexibility index (Phi) is 3.41. The van der Waals surface area contributed by atoms with Gasteiger partial charge in [0.2, 0.25) is 0 Å². The Morgan fingerprint density at radius 1 is 1.22 bits per heavy atom.